The summed E-state index contributed by atoms with van der Waals surface area (Å²) in [6.45, 7) is 1.35. The Morgan fingerprint density at radius 1 is 1.28 bits per heavy atom. The number of nitrogens with zero attached hydrogens (tertiary/aromatic N) is 3. The summed E-state index contributed by atoms with van der Waals surface area (Å²) in [4.78, 5) is 22.9. The lowest BCUT2D eigenvalue weighted by molar-refractivity contribution is 0.0928. The van der Waals surface area contributed by atoms with Gasteiger partial charge in [0.2, 0.25) is 5.65 Å². The van der Waals surface area contributed by atoms with Gasteiger partial charge in [-0.15, -0.1) is 0 Å². The van der Waals surface area contributed by atoms with Crippen LogP contribution in [0, 0.1) is 5.82 Å². The smallest absolute Gasteiger partial charge is 0.300 e. The number of benzene rings is 1. The SMILES string of the molecule is O=C(NC1CCCN(c2nc3ncccc3o2)C1)c1ccccc1F. The molecule has 1 unspecified atom stereocenters. The number of pyridine rings is 1. The molecule has 0 bridgehead atoms. The normalized spacial score (nSPS) is 17.6. The van der Waals surface area contributed by atoms with Crippen LogP contribution in [0.5, 0.6) is 0 Å². The zero-order valence-corrected chi connectivity index (χ0v) is 13.5. The fourth-order valence-corrected chi connectivity index (χ4v) is 3.07. The Morgan fingerprint density at radius 2 is 2.16 bits per heavy atom. The summed E-state index contributed by atoms with van der Waals surface area (Å²) in [5, 5.41) is 2.90. The molecule has 1 saturated heterocycles. The maximum absolute atomic E-state index is 13.8. The van der Waals surface area contributed by atoms with E-state index in [-0.39, 0.29) is 11.6 Å². The van der Waals surface area contributed by atoms with Crippen LogP contribution in [-0.2, 0) is 0 Å². The molecule has 0 radical (unpaired) electrons. The van der Waals surface area contributed by atoms with Crippen molar-refractivity contribution in [1.82, 2.24) is 15.3 Å². The Hall–Kier alpha value is -2.96. The topological polar surface area (TPSA) is 71.3 Å². The number of piperidine rings is 1. The van der Waals surface area contributed by atoms with E-state index >= 15 is 0 Å². The van der Waals surface area contributed by atoms with Crippen LogP contribution in [0.25, 0.3) is 11.2 Å². The average Bonchev–Trinajstić information content (AvgIpc) is 3.06. The van der Waals surface area contributed by atoms with Crippen molar-refractivity contribution in [2.75, 3.05) is 18.0 Å². The van der Waals surface area contributed by atoms with Crippen molar-refractivity contribution in [3.63, 3.8) is 0 Å². The lowest BCUT2D eigenvalue weighted by Gasteiger charge is -2.32. The number of oxazole rings is 1. The molecule has 6 nitrogen and oxygen atoms in total. The molecule has 1 fully saturated rings. The van der Waals surface area contributed by atoms with Crippen LogP contribution in [0.2, 0.25) is 0 Å². The molecular formula is C18H17FN4O2. The molecule has 25 heavy (non-hydrogen) atoms. The maximum Gasteiger partial charge on any atom is 0.300 e. The summed E-state index contributed by atoms with van der Waals surface area (Å²) in [6.07, 6.45) is 3.38. The zero-order chi connectivity index (χ0) is 17.2. The van der Waals surface area contributed by atoms with Crippen LogP contribution in [0.15, 0.2) is 47.0 Å². The van der Waals surface area contributed by atoms with Gasteiger partial charge in [-0.2, -0.15) is 4.98 Å². The molecular weight excluding hydrogens is 323 g/mol. The summed E-state index contributed by atoms with van der Waals surface area (Å²) in [7, 11) is 0. The molecule has 1 atom stereocenters. The van der Waals surface area contributed by atoms with Crippen LogP contribution < -0.4 is 10.2 Å². The molecule has 3 aromatic rings. The molecule has 1 N–H and O–H groups in total. The first-order chi connectivity index (χ1) is 12.2. The third-order valence-electron chi connectivity index (χ3n) is 4.30. The van der Waals surface area contributed by atoms with E-state index in [0.717, 1.165) is 19.4 Å². The molecule has 1 aromatic carbocycles. The van der Waals surface area contributed by atoms with E-state index in [2.05, 4.69) is 15.3 Å². The standard InChI is InChI=1S/C18H17FN4O2/c19-14-7-2-1-6-13(14)17(24)21-12-5-4-10-23(11-12)18-22-16-15(25-18)8-3-9-20-16/h1-3,6-9,12H,4-5,10-11H2,(H,21,24). The predicted octanol–water partition coefficient (Wildman–Crippen LogP) is 2.76. The van der Waals surface area contributed by atoms with E-state index in [4.69, 9.17) is 4.42 Å². The Bertz CT molecular complexity index is 878. The minimum Gasteiger partial charge on any atom is -0.422 e. The maximum atomic E-state index is 13.8. The third kappa shape index (κ3) is 3.17. The van der Waals surface area contributed by atoms with Gasteiger partial charge in [-0.05, 0) is 37.1 Å². The van der Waals surface area contributed by atoms with Crippen molar-refractivity contribution in [3.8, 4) is 0 Å². The zero-order valence-electron chi connectivity index (χ0n) is 13.5. The van der Waals surface area contributed by atoms with E-state index in [0.29, 0.717) is 23.8 Å². The molecule has 0 spiro atoms. The van der Waals surface area contributed by atoms with Crippen molar-refractivity contribution in [1.29, 1.82) is 0 Å². The molecule has 0 saturated carbocycles. The number of anilines is 1. The van der Waals surface area contributed by atoms with Crippen molar-refractivity contribution >= 4 is 23.2 Å². The highest BCUT2D eigenvalue weighted by atomic mass is 19.1. The molecule has 1 aliphatic heterocycles. The Kier molecular flexibility index (Phi) is 4.05. The van der Waals surface area contributed by atoms with Gasteiger partial charge in [-0.25, -0.2) is 9.37 Å². The van der Waals surface area contributed by atoms with Gasteiger partial charge < -0.3 is 14.6 Å². The van der Waals surface area contributed by atoms with Crippen molar-refractivity contribution < 1.29 is 13.6 Å². The summed E-state index contributed by atoms with van der Waals surface area (Å²) < 4.78 is 19.5. The number of rotatable bonds is 3. The van der Waals surface area contributed by atoms with Gasteiger partial charge >= 0.3 is 0 Å². The van der Waals surface area contributed by atoms with Gasteiger partial charge in [-0.1, -0.05) is 12.1 Å². The molecule has 7 heteroatoms. The molecule has 3 heterocycles. The average molecular weight is 340 g/mol. The van der Waals surface area contributed by atoms with Gasteiger partial charge in [0.15, 0.2) is 5.58 Å². The Morgan fingerprint density at radius 3 is 3.00 bits per heavy atom. The number of hydrogen-bond acceptors (Lipinski definition) is 5. The first kappa shape index (κ1) is 15.6. The van der Waals surface area contributed by atoms with Gasteiger partial charge in [0.25, 0.3) is 11.9 Å². The van der Waals surface area contributed by atoms with E-state index in [1.165, 1.54) is 12.1 Å². The van der Waals surface area contributed by atoms with Gasteiger partial charge in [0.1, 0.15) is 5.82 Å². The minimum atomic E-state index is -0.516. The quantitative estimate of drug-likeness (QED) is 0.794. The molecule has 128 valence electrons. The van der Waals surface area contributed by atoms with Crippen molar-refractivity contribution in [3.05, 3.63) is 54.0 Å². The lowest BCUT2D eigenvalue weighted by Crippen LogP contribution is -2.48. The number of fused-ring (bicyclic) bond motifs is 1. The van der Waals surface area contributed by atoms with E-state index in [1.807, 2.05) is 11.0 Å². The third-order valence-corrected chi connectivity index (χ3v) is 4.30. The Labute approximate surface area is 143 Å². The predicted molar refractivity (Wildman–Crippen MR) is 90.9 cm³/mol. The van der Waals surface area contributed by atoms with Crippen LogP contribution >= 0.6 is 0 Å². The van der Waals surface area contributed by atoms with Crippen LogP contribution in [0.1, 0.15) is 23.2 Å². The number of nitrogens with one attached hydrogen (secondary N) is 1. The van der Waals surface area contributed by atoms with Gasteiger partial charge in [0, 0.05) is 25.3 Å². The lowest BCUT2D eigenvalue weighted by atomic mass is 10.1. The molecule has 1 amide bonds. The molecule has 1 aliphatic rings. The monoisotopic (exact) mass is 340 g/mol. The highest BCUT2D eigenvalue weighted by Gasteiger charge is 2.25. The summed E-state index contributed by atoms with van der Waals surface area (Å²) in [6, 6.07) is 10.0. The highest BCUT2D eigenvalue weighted by Crippen LogP contribution is 2.23. The number of carbonyl (C=O) groups is 1. The van der Waals surface area contributed by atoms with Crippen LogP contribution in [0.3, 0.4) is 0 Å². The fourth-order valence-electron chi connectivity index (χ4n) is 3.07. The first-order valence-electron chi connectivity index (χ1n) is 8.22. The van der Waals surface area contributed by atoms with Crippen molar-refractivity contribution in [2.24, 2.45) is 0 Å². The highest BCUT2D eigenvalue weighted by molar-refractivity contribution is 5.94. The number of amides is 1. The summed E-state index contributed by atoms with van der Waals surface area (Å²) in [5.41, 5.74) is 1.26. The number of aromatic nitrogens is 2. The number of hydrogen-bond donors (Lipinski definition) is 1. The number of carbonyl (C=O) groups excluding carboxylic acids is 1. The Balaban J connectivity index is 1.47. The second kappa shape index (κ2) is 6.51. The van der Waals surface area contributed by atoms with E-state index in [9.17, 15) is 9.18 Å². The van der Waals surface area contributed by atoms with Crippen LogP contribution in [0.4, 0.5) is 10.4 Å². The molecule has 2 aromatic heterocycles. The van der Waals surface area contributed by atoms with Gasteiger partial charge in [0.05, 0.1) is 5.56 Å². The number of halogens is 1. The minimum absolute atomic E-state index is 0.0608. The first-order valence-corrected chi connectivity index (χ1v) is 8.22. The second-order valence-electron chi connectivity index (χ2n) is 6.06. The molecule has 4 rings (SSSR count). The van der Waals surface area contributed by atoms with Crippen LogP contribution in [-0.4, -0.2) is 35.0 Å². The second-order valence-corrected chi connectivity index (χ2v) is 6.06. The van der Waals surface area contributed by atoms with E-state index in [1.54, 1.807) is 24.4 Å². The van der Waals surface area contributed by atoms with E-state index < -0.39 is 11.7 Å². The molecule has 0 aliphatic carbocycles. The van der Waals surface area contributed by atoms with Gasteiger partial charge in [-0.3, -0.25) is 4.79 Å². The fraction of sp³-hybridized carbons (Fsp3) is 0.278. The van der Waals surface area contributed by atoms with Crippen molar-refractivity contribution in [2.45, 2.75) is 18.9 Å². The summed E-state index contributed by atoms with van der Waals surface area (Å²) >= 11 is 0. The largest absolute Gasteiger partial charge is 0.422 e. The summed E-state index contributed by atoms with van der Waals surface area (Å²) in [5.74, 6) is -0.915.